The lowest BCUT2D eigenvalue weighted by molar-refractivity contribution is -0.144. The Hall–Kier alpha value is -1.42. The summed E-state index contributed by atoms with van der Waals surface area (Å²) >= 11 is 0. The number of carbonyl (C=O) groups excluding carboxylic acids is 1. The molecule has 0 bridgehead atoms. The predicted octanol–water partition coefficient (Wildman–Crippen LogP) is 2.35. The van der Waals surface area contributed by atoms with E-state index < -0.39 is 5.97 Å². The molecule has 0 saturated carbocycles. The van der Waals surface area contributed by atoms with Crippen LogP contribution in [0.25, 0.3) is 0 Å². The molecule has 3 atom stereocenters. The molecule has 1 aliphatic heterocycles. The quantitative estimate of drug-likeness (QED) is 0.778. The van der Waals surface area contributed by atoms with Crippen LogP contribution >= 0.6 is 0 Å². The summed E-state index contributed by atoms with van der Waals surface area (Å²) in [5.41, 5.74) is 3.04. The molecular formula is C15H20O4. The zero-order valence-corrected chi connectivity index (χ0v) is 11.6. The van der Waals surface area contributed by atoms with Crippen LogP contribution in [0.4, 0.5) is 0 Å². The summed E-state index contributed by atoms with van der Waals surface area (Å²) in [4.78, 5) is 22.5. The van der Waals surface area contributed by atoms with Crippen molar-refractivity contribution in [3.05, 3.63) is 22.8 Å². The molecule has 1 aliphatic carbocycles. The van der Waals surface area contributed by atoms with Crippen LogP contribution in [0, 0.1) is 11.8 Å². The molecule has 4 heteroatoms. The Morgan fingerprint density at radius 2 is 2.11 bits per heavy atom. The molecule has 2 aliphatic rings. The first-order valence-corrected chi connectivity index (χ1v) is 6.64. The molecule has 19 heavy (non-hydrogen) atoms. The van der Waals surface area contributed by atoms with Crippen LogP contribution in [0.5, 0.6) is 0 Å². The van der Waals surface area contributed by atoms with Crippen LogP contribution < -0.4 is 0 Å². The Kier molecular flexibility index (Phi) is 3.90. The summed E-state index contributed by atoms with van der Waals surface area (Å²) in [6.45, 7) is 6.02. The molecule has 1 N–H and O–H groups in total. The average Bonchev–Trinajstić information content (AvgIpc) is 2.32. The van der Waals surface area contributed by atoms with E-state index in [2.05, 4.69) is 0 Å². The fraction of sp³-hybridized carbons (Fsp3) is 0.600. The van der Waals surface area contributed by atoms with Gasteiger partial charge in [0.15, 0.2) is 5.78 Å². The van der Waals surface area contributed by atoms with Crippen molar-refractivity contribution in [1.29, 1.82) is 0 Å². The van der Waals surface area contributed by atoms with Crippen molar-refractivity contribution in [2.24, 2.45) is 11.8 Å². The fourth-order valence-electron chi connectivity index (χ4n) is 3.13. The zero-order chi connectivity index (χ0) is 14.2. The van der Waals surface area contributed by atoms with Gasteiger partial charge < -0.3 is 9.84 Å². The number of ether oxygens (including phenoxy) is 1. The van der Waals surface area contributed by atoms with Gasteiger partial charge in [0, 0.05) is 12.0 Å². The third-order valence-corrected chi connectivity index (χ3v) is 4.35. The van der Waals surface area contributed by atoms with Crippen LogP contribution in [0.2, 0.25) is 0 Å². The molecule has 4 nitrogen and oxygen atoms in total. The lowest BCUT2D eigenvalue weighted by Gasteiger charge is -2.40. The molecule has 0 aromatic carbocycles. The van der Waals surface area contributed by atoms with Gasteiger partial charge in [-0.25, -0.2) is 4.79 Å². The number of hydrogen-bond donors (Lipinski definition) is 1. The van der Waals surface area contributed by atoms with Gasteiger partial charge in [-0.2, -0.15) is 0 Å². The number of allylic oxidation sites excluding steroid dienone is 2. The first-order valence-electron chi connectivity index (χ1n) is 6.64. The summed E-state index contributed by atoms with van der Waals surface area (Å²) < 4.78 is 5.62. The highest BCUT2D eigenvalue weighted by Crippen LogP contribution is 2.40. The minimum absolute atomic E-state index is 0.000483. The van der Waals surface area contributed by atoms with Crippen molar-refractivity contribution in [2.45, 2.75) is 39.7 Å². The van der Waals surface area contributed by atoms with E-state index in [9.17, 15) is 9.59 Å². The van der Waals surface area contributed by atoms with Gasteiger partial charge in [-0.3, -0.25) is 4.79 Å². The van der Waals surface area contributed by atoms with E-state index >= 15 is 0 Å². The van der Waals surface area contributed by atoms with Crippen molar-refractivity contribution in [3.63, 3.8) is 0 Å². The smallest absolute Gasteiger partial charge is 0.328 e. The zero-order valence-electron chi connectivity index (χ0n) is 11.6. The normalized spacial score (nSPS) is 32.3. The predicted molar refractivity (Wildman–Crippen MR) is 70.7 cm³/mol. The maximum absolute atomic E-state index is 11.7. The van der Waals surface area contributed by atoms with Gasteiger partial charge in [0.25, 0.3) is 0 Å². The highest BCUT2D eigenvalue weighted by molar-refractivity contribution is 5.83. The maximum atomic E-state index is 11.7. The average molecular weight is 264 g/mol. The number of carboxylic acids is 1. The Bertz CT molecular complexity index is 473. The van der Waals surface area contributed by atoms with Crippen molar-refractivity contribution < 1.29 is 19.4 Å². The van der Waals surface area contributed by atoms with Crippen LogP contribution in [0.1, 0.15) is 33.6 Å². The maximum Gasteiger partial charge on any atom is 0.328 e. The highest BCUT2D eigenvalue weighted by Gasteiger charge is 2.39. The Morgan fingerprint density at radius 1 is 1.42 bits per heavy atom. The van der Waals surface area contributed by atoms with E-state index in [0.29, 0.717) is 0 Å². The second kappa shape index (κ2) is 5.29. The van der Waals surface area contributed by atoms with Crippen LogP contribution in [-0.2, 0) is 14.3 Å². The number of carboxylic acid groups (broad SMARTS) is 1. The van der Waals surface area contributed by atoms with E-state index in [1.807, 2.05) is 20.8 Å². The number of carbonyl (C=O) groups is 2. The van der Waals surface area contributed by atoms with Gasteiger partial charge in [0.1, 0.15) is 6.61 Å². The van der Waals surface area contributed by atoms with Gasteiger partial charge in [-0.15, -0.1) is 0 Å². The molecule has 0 radical (unpaired) electrons. The Morgan fingerprint density at radius 3 is 2.74 bits per heavy atom. The molecule has 3 unspecified atom stereocenters. The minimum Gasteiger partial charge on any atom is -0.478 e. The van der Waals surface area contributed by atoms with E-state index in [4.69, 9.17) is 9.84 Å². The lowest BCUT2D eigenvalue weighted by Crippen LogP contribution is -2.43. The summed E-state index contributed by atoms with van der Waals surface area (Å²) in [7, 11) is 0. The standard InChI is InChI=1S/C15H20O4/c1-8-4-14-12(10(3)13(16)7-19-14)6-11(8)9(2)5-15(17)18/h5,10,12,14H,4,6-7H2,1-3H3,(H,17,18). The summed E-state index contributed by atoms with van der Waals surface area (Å²) in [5, 5.41) is 8.85. The molecule has 0 spiro atoms. The van der Waals surface area contributed by atoms with Crippen molar-refractivity contribution >= 4 is 11.8 Å². The van der Waals surface area contributed by atoms with E-state index in [-0.39, 0.29) is 30.3 Å². The minimum atomic E-state index is -0.927. The van der Waals surface area contributed by atoms with Gasteiger partial charge in [-0.05, 0) is 43.8 Å². The molecule has 1 fully saturated rings. The van der Waals surface area contributed by atoms with E-state index in [1.165, 1.54) is 11.6 Å². The Balaban J connectivity index is 2.27. The van der Waals surface area contributed by atoms with Crippen molar-refractivity contribution in [1.82, 2.24) is 0 Å². The molecule has 0 amide bonds. The van der Waals surface area contributed by atoms with E-state index in [1.54, 1.807) is 0 Å². The highest BCUT2D eigenvalue weighted by atomic mass is 16.5. The number of aliphatic carboxylic acids is 1. The van der Waals surface area contributed by atoms with Crippen LogP contribution in [-0.4, -0.2) is 29.6 Å². The lowest BCUT2D eigenvalue weighted by atomic mass is 9.72. The molecular weight excluding hydrogens is 244 g/mol. The molecule has 0 aromatic rings. The van der Waals surface area contributed by atoms with Gasteiger partial charge in [0.05, 0.1) is 6.10 Å². The third kappa shape index (κ3) is 2.78. The molecule has 2 rings (SSSR count). The number of Topliss-reactive ketones (excluding diaryl/α,β-unsaturated/α-hetero) is 1. The molecule has 104 valence electrons. The summed E-state index contributed by atoms with van der Waals surface area (Å²) in [5.74, 6) is -0.597. The van der Waals surface area contributed by atoms with Crippen molar-refractivity contribution in [2.75, 3.05) is 6.61 Å². The second-order valence-corrected chi connectivity index (χ2v) is 5.60. The number of hydrogen-bond acceptors (Lipinski definition) is 3. The van der Waals surface area contributed by atoms with E-state index in [0.717, 1.165) is 24.0 Å². The van der Waals surface area contributed by atoms with Crippen LogP contribution in [0.3, 0.4) is 0 Å². The number of fused-ring (bicyclic) bond motifs is 1. The summed E-state index contributed by atoms with van der Waals surface area (Å²) in [6, 6.07) is 0. The molecule has 1 heterocycles. The third-order valence-electron chi connectivity index (χ3n) is 4.35. The van der Waals surface area contributed by atoms with Crippen LogP contribution in [0.15, 0.2) is 22.8 Å². The fourth-order valence-corrected chi connectivity index (χ4v) is 3.13. The first-order chi connectivity index (χ1) is 8.90. The Labute approximate surface area is 113 Å². The molecule has 0 aromatic heterocycles. The number of ketones is 1. The monoisotopic (exact) mass is 264 g/mol. The topological polar surface area (TPSA) is 63.6 Å². The second-order valence-electron chi connectivity index (χ2n) is 5.60. The largest absolute Gasteiger partial charge is 0.478 e. The number of rotatable bonds is 2. The van der Waals surface area contributed by atoms with Gasteiger partial charge >= 0.3 is 5.97 Å². The first kappa shape index (κ1) is 14.0. The van der Waals surface area contributed by atoms with Gasteiger partial charge in [0.2, 0.25) is 0 Å². The SMILES string of the molecule is CC(=CC(=O)O)C1=C(C)CC2OCC(=O)C(C)C2C1. The molecule has 1 saturated heterocycles. The van der Waals surface area contributed by atoms with Gasteiger partial charge in [-0.1, -0.05) is 12.5 Å². The summed E-state index contributed by atoms with van der Waals surface area (Å²) in [6.07, 6.45) is 2.88. The van der Waals surface area contributed by atoms with Crippen molar-refractivity contribution in [3.8, 4) is 0 Å².